The summed E-state index contributed by atoms with van der Waals surface area (Å²) in [6.45, 7) is 1.58. The maximum absolute atomic E-state index is 14.9. The predicted molar refractivity (Wildman–Crippen MR) is 135 cm³/mol. The molecule has 10 nitrogen and oxygen atoms in total. The van der Waals surface area contributed by atoms with E-state index in [9.17, 15) is 9.50 Å². The Balaban J connectivity index is 1.33. The van der Waals surface area contributed by atoms with E-state index in [0.29, 0.717) is 62.8 Å². The number of hydrogen-bond acceptors (Lipinski definition) is 9. The molecule has 0 spiro atoms. The normalized spacial score (nSPS) is 25.7. The number of fused-ring (bicyclic) bond motifs is 4. The Morgan fingerprint density at radius 3 is 2.81 bits per heavy atom. The molecule has 0 unspecified atom stereocenters. The third-order valence-electron chi connectivity index (χ3n) is 7.78. The van der Waals surface area contributed by atoms with Gasteiger partial charge in [0.05, 0.1) is 29.4 Å². The van der Waals surface area contributed by atoms with E-state index >= 15 is 0 Å². The van der Waals surface area contributed by atoms with E-state index in [-0.39, 0.29) is 18.7 Å². The summed E-state index contributed by atoms with van der Waals surface area (Å²) in [5, 5.41) is 18.1. The van der Waals surface area contributed by atoms with Crippen molar-refractivity contribution in [2.75, 3.05) is 22.9 Å². The molecule has 3 aliphatic rings. The lowest BCUT2D eigenvalue weighted by Crippen LogP contribution is -2.56. The van der Waals surface area contributed by atoms with Crippen LogP contribution in [0.25, 0.3) is 33.5 Å². The summed E-state index contributed by atoms with van der Waals surface area (Å²) in [7, 11) is 0. The number of aliphatic hydroxyl groups excluding tert-OH is 1. The number of piperidine rings is 1. The van der Waals surface area contributed by atoms with Gasteiger partial charge in [0, 0.05) is 30.7 Å². The van der Waals surface area contributed by atoms with Gasteiger partial charge < -0.3 is 20.6 Å². The summed E-state index contributed by atoms with van der Waals surface area (Å²) in [6, 6.07) is 2.92. The lowest BCUT2D eigenvalue weighted by molar-refractivity contribution is 0.202. The Morgan fingerprint density at radius 2 is 2.03 bits per heavy atom. The summed E-state index contributed by atoms with van der Waals surface area (Å²) < 4.78 is 14.9. The zero-order valence-corrected chi connectivity index (χ0v) is 20.2. The van der Waals surface area contributed by atoms with Crippen molar-refractivity contribution in [1.82, 2.24) is 30.1 Å². The molecule has 4 N–H and O–H groups in total. The second-order valence-electron chi connectivity index (χ2n) is 9.83. The molecule has 3 fully saturated rings. The van der Waals surface area contributed by atoms with Gasteiger partial charge in [-0.1, -0.05) is 11.6 Å². The first-order chi connectivity index (χ1) is 17.5. The van der Waals surface area contributed by atoms with Crippen LogP contribution >= 0.6 is 11.6 Å². The van der Waals surface area contributed by atoms with Crippen LogP contribution in [0.1, 0.15) is 31.4 Å². The molecular weight excluding hydrogens is 485 g/mol. The molecule has 186 valence electrons. The van der Waals surface area contributed by atoms with Gasteiger partial charge in [0.15, 0.2) is 11.5 Å². The first-order valence-corrected chi connectivity index (χ1v) is 12.7. The minimum atomic E-state index is -1.15. The number of benzene rings is 1. The molecule has 3 saturated heterocycles. The van der Waals surface area contributed by atoms with Crippen LogP contribution in [-0.2, 0) is 6.61 Å². The first-order valence-electron chi connectivity index (χ1n) is 12.3. The highest BCUT2D eigenvalue weighted by Crippen LogP contribution is 2.42. The molecule has 7 rings (SSSR count). The van der Waals surface area contributed by atoms with E-state index < -0.39 is 12.2 Å². The number of anilines is 2. The van der Waals surface area contributed by atoms with E-state index in [1.165, 1.54) is 0 Å². The van der Waals surface area contributed by atoms with Crippen molar-refractivity contribution in [3.8, 4) is 11.3 Å². The Bertz CT molecular complexity index is 1490. The highest BCUT2D eigenvalue weighted by molar-refractivity contribution is 6.38. The summed E-state index contributed by atoms with van der Waals surface area (Å²) in [6.07, 6.45) is 3.84. The van der Waals surface area contributed by atoms with Gasteiger partial charge in [0.1, 0.15) is 34.4 Å². The third-order valence-corrected chi connectivity index (χ3v) is 8.16. The Morgan fingerprint density at radius 1 is 1.17 bits per heavy atom. The number of aliphatic hydroxyl groups is 1. The molecule has 0 radical (unpaired) electrons. The quantitative estimate of drug-likeness (QED) is 0.379. The highest BCUT2D eigenvalue weighted by Gasteiger charge is 2.48. The number of rotatable bonds is 4. The SMILES string of the molecule is N[C@H]1C[C@@H]2CC[C@H]([C@H]1F)N2c1nc2[nH]nc(-c3ccc4ncc(N5CCC5)nc4c3Cl)c2nc1CO. The average Bonchev–Trinajstić information content (AvgIpc) is 3.42. The van der Waals surface area contributed by atoms with Crippen molar-refractivity contribution in [3.63, 3.8) is 0 Å². The number of nitrogens with two attached hydrogens (primary N) is 1. The van der Waals surface area contributed by atoms with Crippen molar-refractivity contribution >= 4 is 45.4 Å². The maximum atomic E-state index is 14.9. The van der Waals surface area contributed by atoms with Gasteiger partial charge >= 0.3 is 0 Å². The van der Waals surface area contributed by atoms with E-state index in [0.717, 1.165) is 31.7 Å². The van der Waals surface area contributed by atoms with E-state index in [1.54, 1.807) is 6.20 Å². The molecule has 36 heavy (non-hydrogen) atoms. The van der Waals surface area contributed by atoms with E-state index in [1.807, 2.05) is 17.0 Å². The van der Waals surface area contributed by atoms with Crippen LogP contribution in [0.4, 0.5) is 16.0 Å². The van der Waals surface area contributed by atoms with E-state index in [4.69, 9.17) is 32.3 Å². The monoisotopic (exact) mass is 509 g/mol. The fourth-order valence-corrected chi connectivity index (χ4v) is 6.09. The second kappa shape index (κ2) is 8.19. The van der Waals surface area contributed by atoms with Crippen molar-refractivity contribution in [3.05, 3.63) is 29.0 Å². The number of H-pyrrole nitrogens is 1. The minimum Gasteiger partial charge on any atom is -0.390 e. The molecule has 6 heterocycles. The van der Waals surface area contributed by atoms with Crippen molar-refractivity contribution in [2.45, 2.75) is 56.6 Å². The minimum absolute atomic E-state index is 0.0746. The summed E-state index contributed by atoms with van der Waals surface area (Å²) in [5.74, 6) is 1.28. The molecular formula is C24H25ClFN9O. The van der Waals surface area contributed by atoms with Crippen LogP contribution in [0.15, 0.2) is 18.3 Å². The third kappa shape index (κ3) is 3.19. The fraction of sp³-hybridized carbons (Fsp3) is 0.458. The average molecular weight is 510 g/mol. The van der Waals surface area contributed by atoms with Crippen molar-refractivity contribution in [2.24, 2.45) is 5.73 Å². The van der Waals surface area contributed by atoms with Gasteiger partial charge in [-0.25, -0.2) is 19.3 Å². The van der Waals surface area contributed by atoms with Crippen LogP contribution in [0.3, 0.4) is 0 Å². The van der Waals surface area contributed by atoms with Gasteiger partial charge in [-0.3, -0.25) is 10.1 Å². The Labute approximate surface area is 210 Å². The van der Waals surface area contributed by atoms with Crippen LogP contribution in [0, 0.1) is 0 Å². The molecule has 1 aromatic carbocycles. The molecule has 2 bridgehead atoms. The number of halogens is 2. The summed E-state index contributed by atoms with van der Waals surface area (Å²) >= 11 is 6.84. The molecule has 12 heteroatoms. The molecule has 0 aliphatic carbocycles. The van der Waals surface area contributed by atoms with Gasteiger partial charge in [-0.2, -0.15) is 5.10 Å². The van der Waals surface area contributed by atoms with Gasteiger partial charge in [0.25, 0.3) is 0 Å². The van der Waals surface area contributed by atoms with Crippen LogP contribution in [-0.4, -0.2) is 72.6 Å². The summed E-state index contributed by atoms with van der Waals surface area (Å²) in [4.78, 5) is 22.9. The maximum Gasteiger partial charge on any atom is 0.177 e. The Hall–Kier alpha value is -3.15. The lowest BCUT2D eigenvalue weighted by Gasteiger charge is -2.41. The van der Waals surface area contributed by atoms with Crippen molar-refractivity contribution < 1.29 is 9.50 Å². The molecule has 0 saturated carbocycles. The topological polar surface area (TPSA) is 133 Å². The number of nitrogens with one attached hydrogen (secondary N) is 1. The zero-order chi connectivity index (χ0) is 24.6. The molecule has 4 aromatic rings. The molecule has 4 atom stereocenters. The van der Waals surface area contributed by atoms with Crippen LogP contribution in [0.2, 0.25) is 5.02 Å². The second-order valence-corrected chi connectivity index (χ2v) is 10.2. The van der Waals surface area contributed by atoms with Gasteiger partial charge in [0.2, 0.25) is 0 Å². The van der Waals surface area contributed by atoms with Gasteiger partial charge in [-0.05, 0) is 37.8 Å². The zero-order valence-electron chi connectivity index (χ0n) is 19.4. The number of aromatic amines is 1. The molecule has 3 aromatic heterocycles. The summed E-state index contributed by atoms with van der Waals surface area (Å²) in [5.41, 5.74) is 9.77. The number of hydrogen-bond donors (Lipinski definition) is 3. The van der Waals surface area contributed by atoms with Crippen molar-refractivity contribution in [1.29, 1.82) is 0 Å². The largest absolute Gasteiger partial charge is 0.390 e. The molecule has 0 amide bonds. The molecule has 3 aliphatic heterocycles. The first kappa shape index (κ1) is 22.1. The predicted octanol–water partition coefficient (Wildman–Crippen LogP) is 2.73. The van der Waals surface area contributed by atoms with Gasteiger partial charge in [-0.15, -0.1) is 0 Å². The number of nitrogens with zero attached hydrogens (tertiary/aromatic N) is 7. The van der Waals surface area contributed by atoms with E-state index in [2.05, 4.69) is 20.1 Å². The smallest absolute Gasteiger partial charge is 0.177 e. The fourth-order valence-electron chi connectivity index (χ4n) is 5.80. The highest BCUT2D eigenvalue weighted by atomic mass is 35.5. The standard InChI is InChI=1S/C24H25ClFN9O/c25-18-12(3-4-14-21(18)30-17(9-28-14)34-6-1-7-34)20-22-23(33-32-20)31-24(15(10-36)29-22)35-11-2-5-16(35)19(26)13(27)8-11/h3-4,9,11,13,16,19,36H,1-2,5-8,10,27H2,(H,31,32,33)/t11-,13-,16+,19-/m0/s1. The number of aromatic nitrogens is 6. The number of alkyl halides is 1. The lowest BCUT2D eigenvalue weighted by atomic mass is 9.96. The Kier molecular flexibility index (Phi) is 5.02. The van der Waals surface area contributed by atoms with Crippen LogP contribution < -0.4 is 15.5 Å². The van der Waals surface area contributed by atoms with Crippen LogP contribution in [0.5, 0.6) is 0 Å².